The molecule has 110 valence electrons. The van der Waals surface area contributed by atoms with Crippen LogP contribution in [0.4, 0.5) is 0 Å². The third kappa shape index (κ3) is 1.86. The summed E-state index contributed by atoms with van der Waals surface area (Å²) < 4.78 is 0. The van der Waals surface area contributed by atoms with Crippen LogP contribution in [0, 0.1) is 17.3 Å². The van der Waals surface area contributed by atoms with Crippen LogP contribution >= 0.6 is 0 Å². The maximum Gasteiger partial charge on any atom is 0.142 e. The van der Waals surface area contributed by atoms with Crippen molar-refractivity contribution in [3.8, 4) is 0 Å². The summed E-state index contributed by atoms with van der Waals surface area (Å²) in [6, 6.07) is 9.09. The molecule has 3 aliphatic rings. The number of hydrogen-bond acceptors (Lipinski definition) is 1. The predicted molar refractivity (Wildman–Crippen MR) is 85.2 cm³/mol. The summed E-state index contributed by atoms with van der Waals surface area (Å²) in [6.45, 7) is 2.43. The number of aryl methyl sites for hydroxylation is 1. The first-order valence-corrected chi connectivity index (χ1v) is 8.46. The van der Waals surface area contributed by atoms with Crippen LogP contribution in [-0.2, 0) is 11.2 Å². The summed E-state index contributed by atoms with van der Waals surface area (Å²) in [6.07, 6.45) is 10.5. The molecule has 2 saturated carbocycles. The minimum atomic E-state index is 0.300. The van der Waals surface area contributed by atoms with E-state index in [4.69, 9.17) is 0 Å². The highest BCUT2D eigenvalue weighted by molar-refractivity contribution is 5.67. The van der Waals surface area contributed by atoms with Gasteiger partial charge in [0.05, 0.1) is 0 Å². The van der Waals surface area contributed by atoms with E-state index in [-0.39, 0.29) is 0 Å². The van der Waals surface area contributed by atoms with E-state index in [9.17, 15) is 4.79 Å². The molecule has 0 aliphatic heterocycles. The van der Waals surface area contributed by atoms with Gasteiger partial charge >= 0.3 is 0 Å². The molecule has 0 N–H and O–H groups in total. The third-order valence-corrected chi connectivity index (χ3v) is 6.76. The summed E-state index contributed by atoms with van der Waals surface area (Å²) in [5, 5.41) is 0. The van der Waals surface area contributed by atoms with E-state index in [0.29, 0.717) is 5.41 Å². The number of rotatable bonds is 1. The second-order valence-electron chi connectivity index (χ2n) is 7.44. The van der Waals surface area contributed by atoms with Gasteiger partial charge in [-0.15, -0.1) is 0 Å². The van der Waals surface area contributed by atoms with Crippen molar-refractivity contribution in [1.29, 1.82) is 0 Å². The lowest BCUT2D eigenvalue weighted by Crippen LogP contribution is -2.40. The topological polar surface area (TPSA) is 17.1 Å². The predicted octanol–water partition coefficient (Wildman–Crippen LogP) is 4.67. The summed E-state index contributed by atoms with van der Waals surface area (Å²) in [5.41, 5.74) is 4.95. The fourth-order valence-electron chi connectivity index (χ4n) is 5.73. The van der Waals surface area contributed by atoms with Gasteiger partial charge in [0.15, 0.2) is 0 Å². The van der Waals surface area contributed by atoms with E-state index in [1.54, 1.807) is 11.1 Å². The lowest BCUT2D eigenvalue weighted by Gasteiger charge is -2.49. The van der Waals surface area contributed by atoms with Crippen LogP contribution in [0.2, 0.25) is 0 Å². The Balaban J connectivity index is 1.71. The van der Waals surface area contributed by atoms with Gasteiger partial charge in [-0.05, 0) is 78.9 Å². The molecular weight excluding hydrogens is 256 g/mol. The molecule has 1 nitrogen and oxygen atoms in total. The quantitative estimate of drug-likeness (QED) is 0.540. The molecule has 2 fully saturated rings. The molecule has 0 bridgehead atoms. The molecule has 0 spiro atoms. The molecule has 0 heterocycles. The summed E-state index contributed by atoms with van der Waals surface area (Å²) in [4.78, 5) is 10.9. The molecule has 1 aromatic carbocycles. The summed E-state index contributed by atoms with van der Waals surface area (Å²) in [7, 11) is 0. The Labute approximate surface area is 127 Å². The van der Waals surface area contributed by atoms with Crippen molar-refractivity contribution in [1.82, 2.24) is 0 Å². The van der Waals surface area contributed by atoms with Gasteiger partial charge in [0.1, 0.15) is 6.29 Å². The molecule has 4 atom stereocenters. The van der Waals surface area contributed by atoms with E-state index in [0.717, 1.165) is 30.5 Å². The number of allylic oxidation sites excluding steroid dienone is 2. The SMILES string of the molecule is C[C@]12CC[C@@H]3c4ccccc4CC[C@H]3[C@@H]1CCC2=CC=O. The molecule has 4 rings (SSSR count). The van der Waals surface area contributed by atoms with Crippen LogP contribution in [0.1, 0.15) is 56.1 Å². The second kappa shape index (κ2) is 4.83. The monoisotopic (exact) mass is 280 g/mol. The Hall–Kier alpha value is -1.37. The zero-order valence-electron chi connectivity index (χ0n) is 12.8. The van der Waals surface area contributed by atoms with Crippen molar-refractivity contribution in [2.75, 3.05) is 0 Å². The van der Waals surface area contributed by atoms with Crippen molar-refractivity contribution in [3.63, 3.8) is 0 Å². The Morgan fingerprint density at radius 1 is 1.14 bits per heavy atom. The van der Waals surface area contributed by atoms with Gasteiger partial charge in [-0.1, -0.05) is 36.8 Å². The van der Waals surface area contributed by atoms with Crippen LogP contribution < -0.4 is 0 Å². The second-order valence-corrected chi connectivity index (χ2v) is 7.44. The molecule has 21 heavy (non-hydrogen) atoms. The zero-order valence-corrected chi connectivity index (χ0v) is 12.8. The van der Waals surface area contributed by atoms with Gasteiger partial charge in [-0.3, -0.25) is 4.79 Å². The lowest BCUT2D eigenvalue weighted by atomic mass is 9.55. The first kappa shape index (κ1) is 13.3. The molecule has 0 unspecified atom stereocenters. The van der Waals surface area contributed by atoms with Crippen LogP contribution in [0.25, 0.3) is 0 Å². The summed E-state index contributed by atoms with van der Waals surface area (Å²) in [5.74, 6) is 2.38. The molecule has 0 saturated heterocycles. The average Bonchev–Trinajstić information content (AvgIpc) is 2.84. The fourth-order valence-corrected chi connectivity index (χ4v) is 5.73. The van der Waals surface area contributed by atoms with E-state index >= 15 is 0 Å². The minimum absolute atomic E-state index is 0.300. The molecular formula is C20H24O. The Morgan fingerprint density at radius 3 is 2.86 bits per heavy atom. The van der Waals surface area contributed by atoms with E-state index in [2.05, 4.69) is 31.2 Å². The minimum Gasteiger partial charge on any atom is -0.299 e. The Bertz CT molecular complexity index is 600. The van der Waals surface area contributed by atoms with E-state index in [1.165, 1.54) is 37.7 Å². The number of fused-ring (bicyclic) bond motifs is 5. The van der Waals surface area contributed by atoms with E-state index in [1.807, 2.05) is 6.08 Å². The number of carbonyl (C=O) groups excluding carboxylic acids is 1. The maximum absolute atomic E-state index is 10.9. The largest absolute Gasteiger partial charge is 0.299 e. The highest BCUT2D eigenvalue weighted by atomic mass is 16.1. The van der Waals surface area contributed by atoms with Crippen molar-refractivity contribution >= 4 is 6.29 Å². The van der Waals surface area contributed by atoms with Crippen LogP contribution in [0.5, 0.6) is 0 Å². The smallest absolute Gasteiger partial charge is 0.142 e. The Kier molecular flexibility index (Phi) is 3.06. The molecule has 1 heteroatoms. The molecule has 0 amide bonds. The summed E-state index contributed by atoms with van der Waals surface area (Å²) >= 11 is 0. The van der Waals surface area contributed by atoms with Crippen molar-refractivity contribution < 1.29 is 4.79 Å². The van der Waals surface area contributed by atoms with Gasteiger partial charge in [-0.2, -0.15) is 0 Å². The number of hydrogen-bond donors (Lipinski definition) is 0. The van der Waals surface area contributed by atoms with Gasteiger partial charge in [-0.25, -0.2) is 0 Å². The van der Waals surface area contributed by atoms with Crippen molar-refractivity contribution in [2.24, 2.45) is 17.3 Å². The zero-order chi connectivity index (χ0) is 14.4. The van der Waals surface area contributed by atoms with Gasteiger partial charge in [0, 0.05) is 0 Å². The fraction of sp³-hybridized carbons (Fsp3) is 0.550. The van der Waals surface area contributed by atoms with Crippen LogP contribution in [0.15, 0.2) is 35.9 Å². The first-order valence-electron chi connectivity index (χ1n) is 8.46. The molecule has 0 radical (unpaired) electrons. The standard InChI is InChI=1S/C20H24O/c1-20-12-10-17-16-5-3-2-4-14(16)6-8-18(17)19(20)9-7-15(20)11-13-21/h2-5,11,13,17-19H,6-10,12H2,1H3/t17-,18-,19+,20-/m1/s1. The van der Waals surface area contributed by atoms with Gasteiger partial charge < -0.3 is 0 Å². The van der Waals surface area contributed by atoms with Gasteiger partial charge in [0.25, 0.3) is 0 Å². The number of aldehydes is 1. The highest BCUT2D eigenvalue weighted by Crippen LogP contribution is 2.62. The third-order valence-electron chi connectivity index (χ3n) is 6.76. The number of carbonyl (C=O) groups is 1. The normalized spacial score (nSPS) is 39.5. The van der Waals surface area contributed by atoms with E-state index < -0.39 is 0 Å². The van der Waals surface area contributed by atoms with Gasteiger partial charge in [0.2, 0.25) is 0 Å². The number of benzene rings is 1. The molecule has 0 aromatic heterocycles. The average molecular weight is 280 g/mol. The molecule has 1 aromatic rings. The molecule has 3 aliphatic carbocycles. The highest BCUT2D eigenvalue weighted by Gasteiger charge is 2.52. The first-order chi connectivity index (χ1) is 10.2. The van der Waals surface area contributed by atoms with Crippen LogP contribution in [0.3, 0.4) is 0 Å². The van der Waals surface area contributed by atoms with Crippen LogP contribution in [-0.4, -0.2) is 6.29 Å². The van der Waals surface area contributed by atoms with Crippen molar-refractivity contribution in [3.05, 3.63) is 47.0 Å². The van der Waals surface area contributed by atoms with Crippen molar-refractivity contribution in [2.45, 2.75) is 51.4 Å². The Morgan fingerprint density at radius 2 is 2.00 bits per heavy atom. The lowest BCUT2D eigenvalue weighted by molar-refractivity contribution is -0.104. The maximum atomic E-state index is 10.9.